The summed E-state index contributed by atoms with van der Waals surface area (Å²) in [6.45, 7) is -0.00170. The van der Waals surface area contributed by atoms with Gasteiger partial charge in [0.15, 0.2) is 0 Å². The highest BCUT2D eigenvalue weighted by atomic mass is 35.5. The van der Waals surface area contributed by atoms with Crippen molar-refractivity contribution >= 4 is 23.9 Å². The monoisotopic (exact) mass is 256 g/mol. The van der Waals surface area contributed by atoms with Gasteiger partial charge in [0.25, 0.3) is 0 Å². The molecule has 5 nitrogen and oxygen atoms in total. The molecule has 1 aromatic carbocycles. The first kappa shape index (κ1) is 11.7. The minimum Gasteiger partial charge on any atom is -0.507 e. The van der Waals surface area contributed by atoms with E-state index in [1.165, 1.54) is 7.11 Å². The molecule has 1 heterocycles. The highest BCUT2D eigenvalue weighted by Gasteiger charge is 2.32. The van der Waals surface area contributed by atoms with Crippen LogP contribution in [0.15, 0.2) is 0 Å². The van der Waals surface area contributed by atoms with Crippen molar-refractivity contribution in [2.75, 3.05) is 7.11 Å². The number of hydrogen-bond donors (Lipinski definition) is 1. The Hall–Kier alpha value is -1.75. The third-order valence-corrected chi connectivity index (χ3v) is 3.01. The average molecular weight is 257 g/mol. The number of phenolic OH excluding ortho intramolecular Hbond substituents is 1. The number of phenols is 1. The third kappa shape index (κ3) is 1.63. The van der Waals surface area contributed by atoms with Crippen molar-refractivity contribution in [3.63, 3.8) is 0 Å². The molecule has 1 N–H and O–H groups in total. The van der Waals surface area contributed by atoms with Gasteiger partial charge in [-0.1, -0.05) is 11.6 Å². The molecule has 0 spiro atoms. The predicted octanol–water partition coefficient (Wildman–Crippen LogP) is 1.47. The van der Waals surface area contributed by atoms with E-state index in [0.717, 1.165) is 0 Å². The Bertz CT molecular complexity index is 509. The molecular weight excluding hydrogens is 248 g/mol. The maximum absolute atomic E-state index is 11.4. The molecule has 1 aliphatic heterocycles. The van der Waals surface area contributed by atoms with Gasteiger partial charge < -0.3 is 19.4 Å². The van der Waals surface area contributed by atoms with Crippen molar-refractivity contribution in [3.8, 4) is 11.5 Å². The summed E-state index contributed by atoms with van der Waals surface area (Å²) in [5, 5.41) is 10.1. The second-order valence-corrected chi connectivity index (χ2v) is 3.85. The van der Waals surface area contributed by atoms with Crippen LogP contribution in [-0.2, 0) is 22.6 Å². The minimum atomic E-state index is -0.644. The molecule has 0 saturated heterocycles. The van der Waals surface area contributed by atoms with Gasteiger partial charge in [-0.2, -0.15) is 0 Å². The Morgan fingerprint density at radius 3 is 2.88 bits per heavy atom. The highest BCUT2D eigenvalue weighted by Crippen LogP contribution is 2.44. The van der Waals surface area contributed by atoms with Crippen LogP contribution < -0.4 is 4.74 Å². The van der Waals surface area contributed by atoms with Gasteiger partial charge in [-0.3, -0.25) is 0 Å². The van der Waals surface area contributed by atoms with Crippen LogP contribution in [-0.4, -0.2) is 24.5 Å². The lowest BCUT2D eigenvalue weighted by Gasteiger charge is -2.13. The number of aromatic hydroxyl groups is 1. The zero-order valence-electron chi connectivity index (χ0n) is 8.95. The van der Waals surface area contributed by atoms with Crippen LogP contribution in [0.2, 0.25) is 5.02 Å². The van der Waals surface area contributed by atoms with Gasteiger partial charge >= 0.3 is 5.97 Å². The number of carbonyl (C=O) groups excluding carboxylic acids is 2. The lowest BCUT2D eigenvalue weighted by molar-refractivity contribution is -0.107. The number of esters is 1. The molecule has 1 aromatic rings. The van der Waals surface area contributed by atoms with E-state index < -0.39 is 5.97 Å². The largest absolute Gasteiger partial charge is 0.507 e. The van der Waals surface area contributed by atoms with Crippen LogP contribution in [0.5, 0.6) is 11.5 Å². The van der Waals surface area contributed by atoms with Crippen molar-refractivity contribution in [2.45, 2.75) is 13.0 Å². The van der Waals surface area contributed by atoms with Crippen molar-refractivity contribution in [3.05, 3.63) is 21.7 Å². The number of cyclic esters (lactones) is 1. The number of methoxy groups -OCH3 is 1. The van der Waals surface area contributed by atoms with Crippen molar-refractivity contribution in [2.24, 2.45) is 0 Å². The zero-order chi connectivity index (χ0) is 12.6. The summed E-state index contributed by atoms with van der Waals surface area (Å²) in [5.74, 6) is -0.738. The van der Waals surface area contributed by atoms with Crippen LogP contribution in [0, 0.1) is 0 Å². The third-order valence-electron chi connectivity index (χ3n) is 2.61. The zero-order valence-corrected chi connectivity index (χ0v) is 9.71. The van der Waals surface area contributed by atoms with Gasteiger partial charge in [0.1, 0.15) is 30.0 Å². The summed E-state index contributed by atoms with van der Waals surface area (Å²) >= 11 is 6.05. The molecule has 6 heteroatoms. The fourth-order valence-electron chi connectivity index (χ4n) is 1.83. The minimum absolute atomic E-state index is 0.00170. The van der Waals surface area contributed by atoms with E-state index >= 15 is 0 Å². The smallest absolute Gasteiger partial charge is 0.342 e. The highest BCUT2D eigenvalue weighted by molar-refractivity contribution is 6.34. The first-order valence-electron chi connectivity index (χ1n) is 4.82. The van der Waals surface area contributed by atoms with Crippen LogP contribution >= 0.6 is 11.6 Å². The Morgan fingerprint density at radius 1 is 1.59 bits per heavy atom. The summed E-state index contributed by atoms with van der Waals surface area (Å²) in [6.07, 6.45) is 0.510. The first-order chi connectivity index (χ1) is 8.11. The van der Waals surface area contributed by atoms with E-state index in [4.69, 9.17) is 21.1 Å². The fourth-order valence-corrected chi connectivity index (χ4v) is 2.17. The van der Waals surface area contributed by atoms with E-state index in [1.807, 2.05) is 0 Å². The molecular formula is C11H9ClO5. The van der Waals surface area contributed by atoms with Crippen LogP contribution in [0.1, 0.15) is 21.5 Å². The number of benzene rings is 1. The summed E-state index contributed by atoms with van der Waals surface area (Å²) in [6, 6.07) is 0. The molecule has 0 atom stereocenters. The SMILES string of the molecule is COc1c(Cl)c2c(c(O)c1CC=O)C(=O)OC2. The molecule has 0 aliphatic carbocycles. The first-order valence-corrected chi connectivity index (χ1v) is 5.20. The topological polar surface area (TPSA) is 72.8 Å². The molecule has 0 unspecified atom stereocenters. The predicted molar refractivity (Wildman–Crippen MR) is 58.6 cm³/mol. The number of rotatable bonds is 3. The van der Waals surface area contributed by atoms with Gasteiger partial charge in [0.2, 0.25) is 0 Å². The summed E-state index contributed by atoms with van der Waals surface area (Å²) in [4.78, 5) is 22.0. The van der Waals surface area contributed by atoms with E-state index in [1.54, 1.807) is 0 Å². The number of fused-ring (bicyclic) bond motifs is 1. The van der Waals surface area contributed by atoms with Gasteiger partial charge in [-0.25, -0.2) is 4.79 Å². The normalized spacial score (nSPS) is 13.2. The Morgan fingerprint density at radius 2 is 2.29 bits per heavy atom. The summed E-state index contributed by atoms with van der Waals surface area (Å²) < 4.78 is 9.84. The van der Waals surface area contributed by atoms with Crippen molar-refractivity contribution < 1.29 is 24.2 Å². The van der Waals surface area contributed by atoms with Gasteiger partial charge in [-0.05, 0) is 0 Å². The van der Waals surface area contributed by atoms with E-state index in [9.17, 15) is 14.7 Å². The maximum atomic E-state index is 11.4. The van der Waals surface area contributed by atoms with E-state index in [-0.39, 0.29) is 40.7 Å². The molecule has 0 bridgehead atoms. The van der Waals surface area contributed by atoms with Gasteiger partial charge in [0.05, 0.1) is 12.1 Å². The van der Waals surface area contributed by atoms with Gasteiger partial charge in [0, 0.05) is 17.5 Å². The number of aldehydes is 1. The lowest BCUT2D eigenvalue weighted by atomic mass is 10.0. The summed E-state index contributed by atoms with van der Waals surface area (Å²) in [7, 11) is 1.37. The molecule has 0 fully saturated rings. The number of carbonyl (C=O) groups is 2. The Balaban J connectivity index is 2.76. The van der Waals surface area contributed by atoms with Crippen LogP contribution in [0.3, 0.4) is 0 Å². The molecule has 0 amide bonds. The van der Waals surface area contributed by atoms with Crippen molar-refractivity contribution in [1.29, 1.82) is 0 Å². The number of hydrogen-bond acceptors (Lipinski definition) is 5. The summed E-state index contributed by atoms with van der Waals surface area (Å²) in [5.41, 5.74) is 0.610. The second-order valence-electron chi connectivity index (χ2n) is 3.47. The molecule has 1 aliphatic rings. The molecule has 0 aromatic heterocycles. The van der Waals surface area contributed by atoms with Crippen molar-refractivity contribution in [1.82, 2.24) is 0 Å². The Labute approximate surface area is 102 Å². The molecule has 0 saturated carbocycles. The number of ether oxygens (including phenoxy) is 2. The van der Waals surface area contributed by atoms with Crippen LogP contribution in [0.25, 0.3) is 0 Å². The fraction of sp³-hybridized carbons (Fsp3) is 0.273. The quantitative estimate of drug-likeness (QED) is 0.655. The molecule has 2 rings (SSSR count). The van der Waals surface area contributed by atoms with E-state index in [2.05, 4.69) is 0 Å². The number of halogens is 1. The molecule has 0 radical (unpaired) electrons. The molecule has 17 heavy (non-hydrogen) atoms. The van der Waals surface area contributed by atoms with E-state index in [0.29, 0.717) is 11.8 Å². The standard InChI is InChI=1S/C11H9ClO5/c1-16-10-5(2-3-13)9(14)7-6(8(10)12)4-17-11(7)15/h3,14H,2,4H2,1H3. The molecule has 90 valence electrons. The maximum Gasteiger partial charge on any atom is 0.342 e. The van der Waals surface area contributed by atoms with Gasteiger partial charge in [-0.15, -0.1) is 0 Å². The second kappa shape index (κ2) is 4.25. The Kier molecular flexibility index (Phi) is 2.93. The average Bonchev–Trinajstić information content (AvgIpc) is 2.69. The lowest BCUT2D eigenvalue weighted by Crippen LogP contribution is -2.02. The van der Waals surface area contributed by atoms with Crippen LogP contribution in [0.4, 0.5) is 0 Å².